The number of hydrogen-bond acceptors (Lipinski definition) is 5. The fraction of sp³-hybridized carbons (Fsp3) is 0.125. The highest BCUT2D eigenvalue weighted by Gasteiger charge is 2.09. The lowest BCUT2D eigenvalue weighted by atomic mass is 10.3. The van der Waals surface area contributed by atoms with Crippen LogP contribution in [0.4, 0.5) is 9.52 Å². The number of amides is 1. The minimum absolute atomic E-state index is 0.155. The molecule has 0 aliphatic heterocycles. The molecule has 4 nitrogen and oxygen atoms in total. The third-order valence-electron chi connectivity index (χ3n) is 3.03. The van der Waals surface area contributed by atoms with Crippen LogP contribution in [0, 0.1) is 5.82 Å². The molecule has 23 heavy (non-hydrogen) atoms. The first-order chi connectivity index (χ1) is 11.1. The maximum atomic E-state index is 12.8. The van der Waals surface area contributed by atoms with Gasteiger partial charge >= 0.3 is 0 Å². The average Bonchev–Trinajstić information content (AvgIpc) is 2.95. The van der Waals surface area contributed by atoms with Crippen LogP contribution in [0.25, 0.3) is 10.2 Å². The Morgan fingerprint density at radius 2 is 2.09 bits per heavy atom. The van der Waals surface area contributed by atoms with Gasteiger partial charge in [0.15, 0.2) is 11.7 Å². The molecule has 0 aliphatic carbocycles. The van der Waals surface area contributed by atoms with Crippen LogP contribution in [-0.4, -0.2) is 23.8 Å². The second kappa shape index (κ2) is 6.97. The molecule has 1 heterocycles. The van der Waals surface area contributed by atoms with Crippen molar-refractivity contribution in [3.63, 3.8) is 0 Å². The molecule has 0 bridgehead atoms. The van der Waals surface area contributed by atoms with Crippen LogP contribution in [0.5, 0.6) is 5.75 Å². The lowest BCUT2D eigenvalue weighted by Crippen LogP contribution is -2.19. The molecule has 3 aromatic rings. The fourth-order valence-corrected chi connectivity index (χ4v) is 3.36. The highest BCUT2D eigenvalue weighted by atomic mass is 32.2. The number of halogens is 1. The zero-order valence-electron chi connectivity index (χ0n) is 12.2. The maximum Gasteiger partial charge on any atom is 0.264 e. The first-order valence-corrected chi connectivity index (χ1v) is 8.81. The number of thioether (sulfide) groups is 1. The number of carbonyl (C=O) groups is 1. The van der Waals surface area contributed by atoms with Crippen LogP contribution in [-0.2, 0) is 4.79 Å². The summed E-state index contributed by atoms with van der Waals surface area (Å²) in [6.45, 7) is -0.155. The van der Waals surface area contributed by atoms with E-state index in [0.717, 1.165) is 15.1 Å². The Morgan fingerprint density at radius 3 is 2.83 bits per heavy atom. The molecule has 0 atom stereocenters. The van der Waals surface area contributed by atoms with Gasteiger partial charge < -0.3 is 4.74 Å². The summed E-state index contributed by atoms with van der Waals surface area (Å²) in [4.78, 5) is 17.4. The summed E-state index contributed by atoms with van der Waals surface area (Å²) in [6.07, 6.45) is 2.01. The van der Waals surface area contributed by atoms with Gasteiger partial charge in [-0.1, -0.05) is 11.3 Å². The van der Waals surface area contributed by atoms with E-state index in [9.17, 15) is 9.18 Å². The number of nitrogens with one attached hydrogen (secondary N) is 1. The second-order valence-electron chi connectivity index (χ2n) is 4.64. The number of fused-ring (bicyclic) bond motifs is 1. The zero-order valence-corrected chi connectivity index (χ0v) is 13.8. The SMILES string of the molecule is CSc1ccc2nc(NC(=O)COc3ccc(F)cc3)sc2c1. The summed E-state index contributed by atoms with van der Waals surface area (Å²) in [5.41, 5.74) is 0.850. The van der Waals surface area contributed by atoms with Gasteiger partial charge in [0, 0.05) is 4.90 Å². The number of hydrogen-bond donors (Lipinski definition) is 1. The topological polar surface area (TPSA) is 51.2 Å². The minimum Gasteiger partial charge on any atom is -0.484 e. The predicted molar refractivity (Wildman–Crippen MR) is 91.9 cm³/mol. The van der Waals surface area contributed by atoms with E-state index in [1.807, 2.05) is 24.5 Å². The monoisotopic (exact) mass is 348 g/mol. The van der Waals surface area contributed by atoms with E-state index in [2.05, 4.69) is 10.3 Å². The average molecular weight is 348 g/mol. The molecule has 7 heteroatoms. The van der Waals surface area contributed by atoms with E-state index in [1.54, 1.807) is 11.8 Å². The van der Waals surface area contributed by atoms with Crippen LogP contribution in [0.15, 0.2) is 47.4 Å². The van der Waals surface area contributed by atoms with Gasteiger partial charge in [0.25, 0.3) is 5.91 Å². The largest absolute Gasteiger partial charge is 0.484 e. The van der Waals surface area contributed by atoms with Crippen molar-refractivity contribution in [2.45, 2.75) is 4.90 Å². The molecule has 1 amide bonds. The first kappa shape index (κ1) is 15.8. The van der Waals surface area contributed by atoms with Crippen molar-refractivity contribution in [2.24, 2.45) is 0 Å². The molecule has 0 unspecified atom stereocenters. The Labute approximate surface area is 140 Å². The van der Waals surface area contributed by atoms with Gasteiger partial charge in [0.05, 0.1) is 10.2 Å². The Morgan fingerprint density at radius 1 is 1.30 bits per heavy atom. The number of carbonyl (C=O) groups excluding carboxylic acids is 1. The normalized spacial score (nSPS) is 10.7. The van der Waals surface area contributed by atoms with Gasteiger partial charge in [-0.25, -0.2) is 9.37 Å². The van der Waals surface area contributed by atoms with E-state index in [4.69, 9.17) is 4.74 Å². The number of ether oxygens (including phenoxy) is 1. The number of nitrogens with zero attached hydrogens (tertiary/aromatic N) is 1. The summed E-state index contributed by atoms with van der Waals surface area (Å²) < 4.78 is 19.1. The Kier molecular flexibility index (Phi) is 4.78. The fourth-order valence-electron chi connectivity index (χ4n) is 1.92. The minimum atomic E-state index is -0.346. The molecular weight excluding hydrogens is 335 g/mol. The van der Waals surface area contributed by atoms with Gasteiger partial charge in [-0.15, -0.1) is 11.8 Å². The van der Waals surface area contributed by atoms with Crippen LogP contribution in [0.2, 0.25) is 0 Å². The Hall–Kier alpha value is -2.12. The summed E-state index contributed by atoms with van der Waals surface area (Å²) >= 11 is 3.08. The van der Waals surface area contributed by atoms with Crippen molar-refractivity contribution in [3.8, 4) is 5.75 Å². The quantitative estimate of drug-likeness (QED) is 0.703. The molecular formula is C16H13FN2O2S2. The van der Waals surface area contributed by atoms with Gasteiger partial charge in [-0.2, -0.15) is 0 Å². The number of aromatic nitrogens is 1. The van der Waals surface area contributed by atoms with Crippen molar-refractivity contribution < 1.29 is 13.9 Å². The van der Waals surface area contributed by atoms with Crippen LogP contribution in [0.1, 0.15) is 0 Å². The molecule has 0 fully saturated rings. The van der Waals surface area contributed by atoms with Crippen molar-refractivity contribution >= 4 is 44.4 Å². The summed E-state index contributed by atoms with van der Waals surface area (Å²) in [5, 5.41) is 3.25. The lowest BCUT2D eigenvalue weighted by molar-refractivity contribution is -0.118. The summed E-state index contributed by atoms with van der Waals surface area (Å²) in [5.74, 6) is -0.213. The molecule has 1 N–H and O–H groups in total. The number of anilines is 1. The van der Waals surface area contributed by atoms with E-state index < -0.39 is 0 Å². The van der Waals surface area contributed by atoms with E-state index in [-0.39, 0.29) is 18.3 Å². The van der Waals surface area contributed by atoms with Gasteiger partial charge in [-0.3, -0.25) is 10.1 Å². The Balaban J connectivity index is 1.62. The van der Waals surface area contributed by atoms with E-state index in [0.29, 0.717) is 10.9 Å². The molecule has 2 aromatic carbocycles. The Bertz CT molecular complexity index is 834. The van der Waals surface area contributed by atoms with Gasteiger partial charge in [0.2, 0.25) is 0 Å². The molecule has 0 radical (unpaired) electrons. The molecule has 1 aromatic heterocycles. The van der Waals surface area contributed by atoms with Crippen molar-refractivity contribution in [2.75, 3.05) is 18.2 Å². The van der Waals surface area contributed by atoms with E-state index >= 15 is 0 Å². The smallest absolute Gasteiger partial charge is 0.264 e. The number of thiazole rings is 1. The van der Waals surface area contributed by atoms with E-state index in [1.165, 1.54) is 35.6 Å². The molecule has 118 valence electrons. The highest BCUT2D eigenvalue weighted by Crippen LogP contribution is 2.29. The third-order valence-corrected chi connectivity index (χ3v) is 4.68. The van der Waals surface area contributed by atoms with Gasteiger partial charge in [-0.05, 0) is 48.7 Å². The molecule has 0 saturated heterocycles. The van der Waals surface area contributed by atoms with Crippen LogP contribution >= 0.6 is 23.1 Å². The maximum absolute atomic E-state index is 12.8. The van der Waals surface area contributed by atoms with Crippen molar-refractivity contribution in [3.05, 3.63) is 48.3 Å². The van der Waals surface area contributed by atoms with Crippen LogP contribution in [0.3, 0.4) is 0 Å². The standard InChI is InChI=1S/C16H13FN2O2S2/c1-22-12-6-7-13-14(8-12)23-16(18-13)19-15(20)9-21-11-4-2-10(17)3-5-11/h2-8H,9H2,1H3,(H,18,19,20). The summed E-state index contributed by atoms with van der Waals surface area (Å²) in [7, 11) is 0. The zero-order chi connectivity index (χ0) is 16.2. The first-order valence-electron chi connectivity index (χ1n) is 6.77. The van der Waals surface area contributed by atoms with Crippen molar-refractivity contribution in [1.82, 2.24) is 4.98 Å². The van der Waals surface area contributed by atoms with Gasteiger partial charge in [0.1, 0.15) is 11.6 Å². The number of rotatable bonds is 5. The molecule has 0 saturated carbocycles. The van der Waals surface area contributed by atoms with Crippen LogP contribution < -0.4 is 10.1 Å². The number of benzene rings is 2. The highest BCUT2D eigenvalue weighted by molar-refractivity contribution is 7.98. The lowest BCUT2D eigenvalue weighted by Gasteiger charge is -2.05. The summed E-state index contributed by atoms with van der Waals surface area (Å²) in [6, 6.07) is 11.5. The molecule has 3 rings (SSSR count). The molecule has 0 spiro atoms. The second-order valence-corrected chi connectivity index (χ2v) is 6.55. The molecule has 0 aliphatic rings. The van der Waals surface area contributed by atoms with Crippen molar-refractivity contribution in [1.29, 1.82) is 0 Å². The third kappa shape index (κ3) is 4.00. The predicted octanol–water partition coefficient (Wildman–Crippen LogP) is 4.17.